The molecule has 1 aromatic rings. The second-order valence-corrected chi connectivity index (χ2v) is 6.57. The molecule has 1 aliphatic heterocycles. The Morgan fingerprint density at radius 3 is 2.94 bits per heavy atom. The summed E-state index contributed by atoms with van der Waals surface area (Å²) < 4.78 is 1.36. The number of hydrogen-bond donors (Lipinski definition) is 1. The molecule has 3 nitrogen and oxygen atoms in total. The SMILES string of the molecule is CN1CCN=C1NCCc1ccc(I)s1.I. The van der Waals surface area contributed by atoms with Crippen LogP contribution in [0, 0.1) is 2.88 Å². The molecule has 0 saturated heterocycles. The maximum atomic E-state index is 4.39. The van der Waals surface area contributed by atoms with Crippen molar-refractivity contribution in [2.45, 2.75) is 6.42 Å². The zero-order valence-electron chi connectivity index (χ0n) is 9.07. The van der Waals surface area contributed by atoms with Crippen LogP contribution in [0.1, 0.15) is 4.88 Å². The summed E-state index contributed by atoms with van der Waals surface area (Å²) in [6, 6.07) is 4.37. The highest BCUT2D eigenvalue weighted by Crippen LogP contribution is 2.18. The third-order valence-corrected chi connectivity index (χ3v) is 4.30. The molecule has 1 N–H and O–H groups in total. The Morgan fingerprint density at radius 1 is 1.56 bits per heavy atom. The fraction of sp³-hybridized carbons (Fsp3) is 0.500. The summed E-state index contributed by atoms with van der Waals surface area (Å²) in [5.74, 6) is 1.04. The molecule has 0 radical (unpaired) electrons. The van der Waals surface area contributed by atoms with E-state index in [0.717, 1.165) is 32.0 Å². The highest BCUT2D eigenvalue weighted by Gasteiger charge is 2.10. The first-order valence-corrected chi connectivity index (χ1v) is 6.89. The summed E-state index contributed by atoms with van der Waals surface area (Å²) in [5.41, 5.74) is 0. The highest BCUT2D eigenvalue weighted by molar-refractivity contribution is 14.1. The first-order chi connectivity index (χ1) is 7.25. The van der Waals surface area contributed by atoms with Crippen molar-refractivity contribution in [3.8, 4) is 0 Å². The summed E-state index contributed by atoms with van der Waals surface area (Å²) in [4.78, 5) is 7.99. The number of nitrogens with one attached hydrogen (secondary N) is 1. The Morgan fingerprint density at radius 2 is 2.38 bits per heavy atom. The zero-order valence-corrected chi connectivity index (χ0v) is 14.4. The number of aliphatic imine (C=N–C) groups is 1. The van der Waals surface area contributed by atoms with Gasteiger partial charge in [-0.05, 0) is 41.1 Å². The molecule has 0 amide bonds. The van der Waals surface area contributed by atoms with E-state index in [4.69, 9.17) is 0 Å². The number of thiophene rings is 1. The molecule has 0 unspecified atom stereocenters. The van der Waals surface area contributed by atoms with Gasteiger partial charge in [-0.15, -0.1) is 35.3 Å². The van der Waals surface area contributed by atoms with Gasteiger partial charge in [0.15, 0.2) is 5.96 Å². The summed E-state index contributed by atoms with van der Waals surface area (Å²) in [6.45, 7) is 2.94. The molecular formula is C10H15I2N3S. The number of halogens is 2. The van der Waals surface area contributed by atoms with Crippen LogP contribution in [0.15, 0.2) is 17.1 Å². The Balaban J connectivity index is 0.00000128. The van der Waals surface area contributed by atoms with Gasteiger partial charge < -0.3 is 10.2 Å². The second kappa shape index (κ2) is 7.00. The van der Waals surface area contributed by atoms with Crippen LogP contribution in [0.25, 0.3) is 0 Å². The van der Waals surface area contributed by atoms with Crippen LogP contribution in [0.4, 0.5) is 0 Å². The largest absolute Gasteiger partial charge is 0.356 e. The second-order valence-electron chi connectivity index (χ2n) is 3.51. The zero-order chi connectivity index (χ0) is 10.7. The van der Waals surface area contributed by atoms with E-state index >= 15 is 0 Å². The van der Waals surface area contributed by atoms with Gasteiger partial charge in [-0.3, -0.25) is 4.99 Å². The highest BCUT2D eigenvalue weighted by atomic mass is 127. The first-order valence-electron chi connectivity index (χ1n) is 4.99. The van der Waals surface area contributed by atoms with E-state index < -0.39 is 0 Å². The molecule has 0 saturated carbocycles. The molecule has 1 aromatic heterocycles. The van der Waals surface area contributed by atoms with Crippen LogP contribution < -0.4 is 5.32 Å². The maximum Gasteiger partial charge on any atom is 0.193 e. The summed E-state index contributed by atoms with van der Waals surface area (Å²) in [6.07, 6.45) is 1.08. The van der Waals surface area contributed by atoms with E-state index in [-0.39, 0.29) is 24.0 Å². The molecule has 0 bridgehead atoms. The molecule has 0 aromatic carbocycles. The van der Waals surface area contributed by atoms with Crippen LogP contribution in [-0.2, 0) is 6.42 Å². The van der Waals surface area contributed by atoms with Gasteiger partial charge in [-0.25, -0.2) is 0 Å². The third-order valence-electron chi connectivity index (χ3n) is 2.34. The number of hydrogen-bond acceptors (Lipinski definition) is 4. The van der Waals surface area contributed by atoms with E-state index in [9.17, 15) is 0 Å². The minimum absolute atomic E-state index is 0. The molecule has 6 heteroatoms. The predicted molar refractivity (Wildman–Crippen MR) is 89.1 cm³/mol. The summed E-state index contributed by atoms with van der Waals surface area (Å²) >= 11 is 4.22. The molecule has 1 aliphatic rings. The smallest absolute Gasteiger partial charge is 0.193 e. The lowest BCUT2D eigenvalue weighted by molar-refractivity contribution is 0.534. The molecule has 90 valence electrons. The normalized spacial score (nSPS) is 14.6. The third kappa shape index (κ3) is 4.02. The van der Waals surface area contributed by atoms with E-state index in [0.29, 0.717) is 0 Å². The Bertz CT molecular complexity index is 365. The summed E-state index contributed by atoms with van der Waals surface area (Å²) in [7, 11) is 2.08. The quantitative estimate of drug-likeness (QED) is 0.698. The van der Waals surface area contributed by atoms with Crippen molar-refractivity contribution in [1.82, 2.24) is 10.2 Å². The van der Waals surface area contributed by atoms with Crippen molar-refractivity contribution in [3.63, 3.8) is 0 Å². The molecule has 0 fully saturated rings. The van der Waals surface area contributed by atoms with Crippen molar-refractivity contribution in [1.29, 1.82) is 0 Å². The predicted octanol–water partition coefficient (Wildman–Crippen LogP) is 2.40. The van der Waals surface area contributed by atoms with Crippen LogP contribution >= 0.6 is 57.9 Å². The number of rotatable bonds is 3. The van der Waals surface area contributed by atoms with Crippen molar-refractivity contribution >= 4 is 63.9 Å². The molecule has 16 heavy (non-hydrogen) atoms. The monoisotopic (exact) mass is 463 g/mol. The van der Waals surface area contributed by atoms with Crippen LogP contribution in [0.2, 0.25) is 0 Å². The van der Waals surface area contributed by atoms with Gasteiger partial charge in [0.2, 0.25) is 0 Å². The molecule has 2 heterocycles. The van der Waals surface area contributed by atoms with Crippen molar-refractivity contribution < 1.29 is 0 Å². The van der Waals surface area contributed by atoms with Gasteiger partial charge in [0.05, 0.1) is 9.43 Å². The van der Waals surface area contributed by atoms with Gasteiger partial charge in [0.1, 0.15) is 0 Å². The average Bonchev–Trinajstić information content (AvgIpc) is 2.77. The Hall–Kier alpha value is 0.430. The Labute approximate surface area is 131 Å². The van der Waals surface area contributed by atoms with Gasteiger partial charge in [0.25, 0.3) is 0 Å². The lowest BCUT2D eigenvalue weighted by atomic mass is 10.3. The maximum absolute atomic E-state index is 4.39. The lowest BCUT2D eigenvalue weighted by Gasteiger charge is -2.14. The standard InChI is InChI=1S/C10H14IN3S.HI/c1-14-7-6-13-10(14)12-5-4-8-2-3-9(11)15-8;/h2-3H,4-7H2,1H3,(H,12,13);1H. The molecule has 0 atom stereocenters. The molecule has 2 rings (SSSR count). The minimum atomic E-state index is 0. The fourth-order valence-corrected chi connectivity index (χ4v) is 3.26. The molecule has 0 aliphatic carbocycles. The van der Waals surface area contributed by atoms with Gasteiger partial charge in [-0.2, -0.15) is 0 Å². The fourth-order valence-electron chi connectivity index (χ4n) is 1.51. The van der Waals surface area contributed by atoms with E-state index in [1.165, 1.54) is 7.76 Å². The van der Waals surface area contributed by atoms with Crippen molar-refractivity contribution in [3.05, 3.63) is 19.9 Å². The average molecular weight is 463 g/mol. The topological polar surface area (TPSA) is 27.6 Å². The van der Waals surface area contributed by atoms with E-state index in [2.05, 4.69) is 57.0 Å². The Kier molecular flexibility index (Phi) is 6.34. The van der Waals surface area contributed by atoms with Gasteiger partial charge >= 0.3 is 0 Å². The first kappa shape index (κ1) is 14.5. The molecule has 0 spiro atoms. The van der Waals surface area contributed by atoms with Crippen LogP contribution in [0.5, 0.6) is 0 Å². The van der Waals surface area contributed by atoms with Gasteiger partial charge in [-0.1, -0.05) is 0 Å². The number of nitrogens with zero attached hydrogens (tertiary/aromatic N) is 2. The van der Waals surface area contributed by atoms with E-state index in [1.807, 2.05) is 11.3 Å². The van der Waals surface area contributed by atoms with Crippen molar-refractivity contribution in [2.75, 3.05) is 26.7 Å². The summed E-state index contributed by atoms with van der Waals surface area (Å²) in [5, 5.41) is 3.37. The minimum Gasteiger partial charge on any atom is -0.356 e. The van der Waals surface area contributed by atoms with Gasteiger partial charge in [0, 0.05) is 25.0 Å². The lowest BCUT2D eigenvalue weighted by Crippen LogP contribution is -2.36. The van der Waals surface area contributed by atoms with E-state index in [1.54, 1.807) is 0 Å². The van der Waals surface area contributed by atoms with Crippen LogP contribution in [0.3, 0.4) is 0 Å². The van der Waals surface area contributed by atoms with Crippen molar-refractivity contribution in [2.24, 2.45) is 4.99 Å². The molecular weight excluding hydrogens is 448 g/mol. The van der Waals surface area contributed by atoms with Crippen LogP contribution in [-0.4, -0.2) is 37.5 Å². The number of likely N-dealkylation sites (N-methyl/N-ethyl adjacent to an activating group) is 1. The number of guanidine groups is 1.